The topological polar surface area (TPSA) is 110 Å². The fraction of sp³-hybridized carbons (Fsp3) is 0.444. The summed E-state index contributed by atoms with van der Waals surface area (Å²) < 4.78 is 1.31. The molecule has 2 heterocycles. The Balaban J connectivity index is 2.89. The van der Waals surface area contributed by atoms with Crippen LogP contribution in [0.5, 0.6) is 0 Å². The lowest BCUT2D eigenvalue weighted by molar-refractivity contribution is 0.164. The number of aromatic amines is 1. The maximum absolute atomic E-state index is 11.8. The molecule has 0 aromatic carbocycles. The highest BCUT2D eigenvalue weighted by atomic mass is 35.5. The Hall–Kier alpha value is -1.60. The first kappa shape index (κ1) is 11.9. The van der Waals surface area contributed by atoms with Crippen molar-refractivity contribution in [3.05, 3.63) is 15.6 Å². The van der Waals surface area contributed by atoms with Crippen molar-refractivity contribution in [3.8, 4) is 0 Å². The number of rotatable bonds is 2. The van der Waals surface area contributed by atoms with Crippen molar-refractivity contribution in [3.63, 3.8) is 0 Å². The molecule has 0 aliphatic rings. The SMILES string of the molecule is CC(C)(CO)n1c(=O)[nH]c2c(Cl)nc(N)nc21. The molecule has 0 aliphatic heterocycles. The summed E-state index contributed by atoms with van der Waals surface area (Å²) in [5.41, 5.74) is 4.86. The van der Waals surface area contributed by atoms with Crippen molar-refractivity contribution in [2.24, 2.45) is 0 Å². The molecule has 2 aromatic heterocycles. The van der Waals surface area contributed by atoms with Gasteiger partial charge in [0.25, 0.3) is 0 Å². The molecule has 8 heteroatoms. The van der Waals surface area contributed by atoms with Gasteiger partial charge in [-0.25, -0.2) is 4.79 Å². The number of aliphatic hydroxyl groups is 1. The van der Waals surface area contributed by atoms with Crippen LogP contribution in [0.15, 0.2) is 4.79 Å². The Morgan fingerprint density at radius 1 is 1.53 bits per heavy atom. The van der Waals surface area contributed by atoms with E-state index in [1.165, 1.54) is 4.57 Å². The lowest BCUT2D eigenvalue weighted by Crippen LogP contribution is -2.38. The summed E-state index contributed by atoms with van der Waals surface area (Å²) in [6, 6.07) is 0. The molecule has 0 amide bonds. The fourth-order valence-electron chi connectivity index (χ4n) is 1.60. The molecule has 7 nitrogen and oxygen atoms in total. The standard InChI is InChI=1S/C9H12ClN5O2/c1-9(2,3-16)15-6-4(12-8(15)17)5(10)13-7(11)14-6/h16H,3H2,1-2H3,(H,12,17)(H2,11,13,14). The van der Waals surface area contributed by atoms with Crippen molar-refractivity contribution in [1.82, 2.24) is 19.5 Å². The van der Waals surface area contributed by atoms with E-state index in [0.29, 0.717) is 5.52 Å². The second-order valence-corrected chi connectivity index (χ2v) is 4.67. The number of aromatic nitrogens is 4. The number of halogens is 1. The smallest absolute Gasteiger partial charge is 0.328 e. The minimum absolute atomic E-state index is 0.0241. The summed E-state index contributed by atoms with van der Waals surface area (Å²) in [4.78, 5) is 22.1. The summed E-state index contributed by atoms with van der Waals surface area (Å²) in [6.07, 6.45) is 0. The van der Waals surface area contributed by atoms with Crippen molar-refractivity contribution < 1.29 is 5.11 Å². The number of anilines is 1. The zero-order valence-corrected chi connectivity index (χ0v) is 10.1. The lowest BCUT2D eigenvalue weighted by atomic mass is 10.1. The molecule has 0 fully saturated rings. The van der Waals surface area contributed by atoms with Crippen LogP contribution < -0.4 is 11.4 Å². The summed E-state index contributed by atoms with van der Waals surface area (Å²) in [7, 11) is 0. The predicted molar refractivity (Wildman–Crippen MR) is 64.0 cm³/mol. The molecule has 0 saturated heterocycles. The van der Waals surface area contributed by atoms with E-state index in [-0.39, 0.29) is 23.4 Å². The molecule has 0 saturated carbocycles. The average Bonchev–Trinajstić information content (AvgIpc) is 2.55. The van der Waals surface area contributed by atoms with Gasteiger partial charge in [-0.15, -0.1) is 0 Å². The highest BCUT2D eigenvalue weighted by Crippen LogP contribution is 2.22. The van der Waals surface area contributed by atoms with Crippen LogP contribution >= 0.6 is 11.6 Å². The normalized spacial score (nSPS) is 12.2. The number of nitrogens with one attached hydrogen (secondary N) is 1. The molecule has 0 bridgehead atoms. The van der Waals surface area contributed by atoms with E-state index in [4.69, 9.17) is 17.3 Å². The third-order valence-electron chi connectivity index (χ3n) is 2.50. The maximum atomic E-state index is 11.8. The van der Waals surface area contributed by atoms with Crippen LogP contribution in [0.4, 0.5) is 5.95 Å². The molecule has 4 N–H and O–H groups in total. The minimum Gasteiger partial charge on any atom is -0.394 e. The van der Waals surface area contributed by atoms with Gasteiger partial charge in [-0.3, -0.25) is 4.57 Å². The summed E-state index contributed by atoms with van der Waals surface area (Å²) in [5.74, 6) is -0.0241. The number of hydrogen-bond donors (Lipinski definition) is 3. The highest BCUT2D eigenvalue weighted by molar-refractivity contribution is 6.33. The van der Waals surface area contributed by atoms with E-state index in [2.05, 4.69) is 15.0 Å². The second kappa shape index (κ2) is 3.71. The van der Waals surface area contributed by atoms with E-state index < -0.39 is 11.2 Å². The van der Waals surface area contributed by atoms with Crippen LogP contribution in [0.2, 0.25) is 5.15 Å². The van der Waals surface area contributed by atoms with Crippen LogP contribution in [-0.4, -0.2) is 31.2 Å². The molecular weight excluding hydrogens is 246 g/mol. The van der Waals surface area contributed by atoms with Gasteiger partial charge in [0, 0.05) is 0 Å². The number of hydrogen-bond acceptors (Lipinski definition) is 5. The second-order valence-electron chi connectivity index (χ2n) is 4.31. The zero-order chi connectivity index (χ0) is 12.8. The molecule has 2 aromatic rings. The molecule has 0 atom stereocenters. The summed E-state index contributed by atoms with van der Waals surface area (Å²) in [5, 5.41) is 9.39. The summed E-state index contributed by atoms with van der Waals surface area (Å²) in [6.45, 7) is 3.18. The molecule has 0 spiro atoms. The molecule has 0 unspecified atom stereocenters. The predicted octanol–water partition coefficient (Wildman–Crippen LogP) is 0.0826. The molecule has 2 rings (SSSR count). The first-order valence-corrected chi connectivity index (χ1v) is 5.29. The number of nitrogen functional groups attached to an aromatic ring is 1. The Bertz CT molecular complexity index is 630. The quantitative estimate of drug-likeness (QED) is 0.660. The van der Waals surface area contributed by atoms with Crippen LogP contribution in [0.25, 0.3) is 11.2 Å². The van der Waals surface area contributed by atoms with E-state index in [1.54, 1.807) is 13.8 Å². The monoisotopic (exact) mass is 257 g/mol. The Kier molecular flexibility index (Phi) is 2.59. The largest absolute Gasteiger partial charge is 0.394 e. The summed E-state index contributed by atoms with van der Waals surface area (Å²) >= 11 is 5.86. The van der Waals surface area contributed by atoms with Gasteiger partial charge in [-0.2, -0.15) is 9.97 Å². The third-order valence-corrected chi connectivity index (χ3v) is 2.78. The van der Waals surface area contributed by atoms with E-state index in [0.717, 1.165) is 0 Å². The van der Waals surface area contributed by atoms with Gasteiger partial charge in [0.05, 0.1) is 12.1 Å². The van der Waals surface area contributed by atoms with E-state index >= 15 is 0 Å². The Labute approximate surface area is 101 Å². The maximum Gasteiger partial charge on any atom is 0.328 e. The fourth-order valence-corrected chi connectivity index (χ4v) is 1.82. The molecule has 0 aliphatic carbocycles. The van der Waals surface area contributed by atoms with Crippen molar-refractivity contribution in [2.75, 3.05) is 12.3 Å². The van der Waals surface area contributed by atoms with Gasteiger partial charge in [0.1, 0.15) is 5.52 Å². The van der Waals surface area contributed by atoms with Crippen molar-refractivity contribution >= 4 is 28.7 Å². The Morgan fingerprint density at radius 2 is 2.18 bits per heavy atom. The number of H-pyrrole nitrogens is 1. The number of imidazole rings is 1. The molecule has 17 heavy (non-hydrogen) atoms. The van der Waals surface area contributed by atoms with E-state index in [9.17, 15) is 9.90 Å². The van der Waals surface area contributed by atoms with Crippen LogP contribution in [0, 0.1) is 0 Å². The van der Waals surface area contributed by atoms with Crippen molar-refractivity contribution in [2.45, 2.75) is 19.4 Å². The first-order chi connectivity index (χ1) is 7.86. The van der Waals surface area contributed by atoms with Gasteiger partial charge in [-0.05, 0) is 13.8 Å². The molecular formula is C9H12ClN5O2. The highest BCUT2D eigenvalue weighted by Gasteiger charge is 2.26. The lowest BCUT2D eigenvalue weighted by Gasteiger charge is -2.22. The van der Waals surface area contributed by atoms with Gasteiger partial charge >= 0.3 is 5.69 Å². The van der Waals surface area contributed by atoms with Gasteiger partial charge in [0.2, 0.25) is 5.95 Å². The molecule has 92 valence electrons. The molecule has 0 radical (unpaired) electrons. The van der Waals surface area contributed by atoms with E-state index in [1.807, 2.05) is 0 Å². The van der Waals surface area contributed by atoms with Gasteiger partial charge in [-0.1, -0.05) is 11.6 Å². The number of nitrogens with two attached hydrogens (primary N) is 1. The van der Waals surface area contributed by atoms with Gasteiger partial charge in [0.15, 0.2) is 10.8 Å². The first-order valence-electron chi connectivity index (χ1n) is 4.92. The van der Waals surface area contributed by atoms with Crippen molar-refractivity contribution in [1.29, 1.82) is 0 Å². The Morgan fingerprint density at radius 3 is 2.76 bits per heavy atom. The van der Waals surface area contributed by atoms with Gasteiger partial charge < -0.3 is 15.8 Å². The number of nitrogens with zero attached hydrogens (tertiary/aromatic N) is 3. The average molecular weight is 258 g/mol. The third kappa shape index (κ3) is 1.77. The number of aliphatic hydroxyl groups excluding tert-OH is 1. The van der Waals surface area contributed by atoms with Crippen LogP contribution in [0.1, 0.15) is 13.8 Å². The van der Waals surface area contributed by atoms with Crippen LogP contribution in [0.3, 0.4) is 0 Å². The minimum atomic E-state index is -0.806. The zero-order valence-electron chi connectivity index (χ0n) is 9.36. The number of fused-ring (bicyclic) bond motifs is 1. The van der Waals surface area contributed by atoms with Crippen LogP contribution in [-0.2, 0) is 5.54 Å².